The van der Waals surface area contributed by atoms with Crippen LogP contribution in [0.5, 0.6) is 0 Å². The predicted octanol–water partition coefficient (Wildman–Crippen LogP) is 3.30. The van der Waals surface area contributed by atoms with E-state index in [4.69, 9.17) is 0 Å². The second-order valence-electron chi connectivity index (χ2n) is 3.54. The maximum atomic E-state index is 2.24. The molecule has 16 heavy (non-hydrogen) atoms. The van der Waals surface area contributed by atoms with Gasteiger partial charge in [-0.2, -0.15) is 0 Å². The fourth-order valence-electron chi connectivity index (χ4n) is 1.51. The summed E-state index contributed by atoms with van der Waals surface area (Å²) in [6, 6.07) is 19.6. The van der Waals surface area contributed by atoms with Crippen molar-refractivity contribution in [2.24, 2.45) is 0 Å². The molecule has 2 heteroatoms. The van der Waals surface area contributed by atoms with E-state index in [1.807, 2.05) is 0 Å². The Balaban J connectivity index is 0.00000128. The van der Waals surface area contributed by atoms with E-state index in [-0.39, 0.29) is 12.4 Å². The third kappa shape index (κ3) is 3.63. The van der Waals surface area contributed by atoms with Crippen LogP contribution in [0.3, 0.4) is 0 Å². The lowest BCUT2D eigenvalue weighted by atomic mass is 10.2. The molecule has 84 valence electrons. The number of rotatable bonds is 3. The zero-order valence-corrected chi connectivity index (χ0v) is 11.1. The van der Waals surface area contributed by atoms with Crippen molar-refractivity contribution in [2.75, 3.05) is 0 Å². The minimum atomic E-state index is 0. The largest absolute Gasteiger partial charge is 0.147 e. The molecule has 0 aromatic heterocycles. The first-order chi connectivity index (χ1) is 7.38. The second-order valence-corrected chi connectivity index (χ2v) is 4.95. The Kier molecular flexibility index (Phi) is 5.52. The molecule has 0 radical (unpaired) electrons. The average molecular weight is 251 g/mol. The summed E-state index contributed by atoms with van der Waals surface area (Å²) >= 11 is 0. The van der Waals surface area contributed by atoms with Crippen LogP contribution in [-0.4, -0.2) is 0 Å². The van der Waals surface area contributed by atoms with Gasteiger partial charge in [0.1, 0.15) is 0 Å². The van der Waals surface area contributed by atoms with Crippen LogP contribution in [-0.2, 0) is 6.42 Å². The molecule has 0 nitrogen and oxygen atoms in total. The average Bonchev–Trinajstić information content (AvgIpc) is 2.31. The first kappa shape index (κ1) is 13.2. The SMILES string of the molecule is CCc1ccc(Pc2ccccc2)cc1.Cl. The summed E-state index contributed by atoms with van der Waals surface area (Å²) in [5.41, 5.74) is 1.41. The van der Waals surface area contributed by atoms with E-state index in [0.717, 1.165) is 15.0 Å². The van der Waals surface area contributed by atoms with Gasteiger partial charge in [-0.05, 0) is 22.6 Å². The summed E-state index contributed by atoms with van der Waals surface area (Å²) in [5.74, 6) is 0. The highest BCUT2D eigenvalue weighted by Gasteiger charge is 1.95. The Hall–Kier alpha value is -0.840. The van der Waals surface area contributed by atoms with Crippen molar-refractivity contribution in [3.8, 4) is 0 Å². The van der Waals surface area contributed by atoms with Crippen LogP contribution in [0.25, 0.3) is 0 Å². The van der Waals surface area contributed by atoms with Crippen molar-refractivity contribution >= 4 is 31.6 Å². The molecule has 2 aromatic carbocycles. The summed E-state index contributed by atoms with van der Waals surface area (Å²) in [6.07, 6.45) is 1.12. The van der Waals surface area contributed by atoms with Crippen LogP contribution in [0, 0.1) is 0 Å². The monoisotopic (exact) mass is 250 g/mol. The molecule has 0 N–H and O–H groups in total. The molecule has 0 bridgehead atoms. The minimum absolute atomic E-state index is 0. The fraction of sp³-hybridized carbons (Fsp3) is 0.143. The smallest absolute Gasteiger partial charge is 0.0226 e. The van der Waals surface area contributed by atoms with Gasteiger partial charge >= 0.3 is 0 Å². The summed E-state index contributed by atoms with van der Waals surface area (Å²) in [7, 11) is 0.775. The molecule has 2 rings (SSSR count). The maximum Gasteiger partial charge on any atom is -0.0226 e. The van der Waals surface area contributed by atoms with Gasteiger partial charge in [-0.25, -0.2) is 0 Å². The van der Waals surface area contributed by atoms with E-state index in [1.165, 1.54) is 16.2 Å². The quantitative estimate of drug-likeness (QED) is 0.734. The first-order valence-corrected chi connectivity index (χ1v) is 6.29. The molecule has 1 unspecified atom stereocenters. The van der Waals surface area contributed by atoms with Crippen LogP contribution in [0.2, 0.25) is 0 Å². The normalized spacial score (nSPS) is 10.3. The molecule has 2 aromatic rings. The van der Waals surface area contributed by atoms with Crippen LogP contribution < -0.4 is 10.6 Å². The highest BCUT2D eigenvalue weighted by molar-refractivity contribution is 7.55. The van der Waals surface area contributed by atoms with Gasteiger partial charge in [-0.1, -0.05) is 70.1 Å². The van der Waals surface area contributed by atoms with Gasteiger partial charge in [0, 0.05) is 0 Å². The summed E-state index contributed by atoms with van der Waals surface area (Å²) in [5, 5.41) is 2.82. The Morgan fingerprint density at radius 2 is 1.38 bits per heavy atom. The molecule has 0 amide bonds. The van der Waals surface area contributed by atoms with Crippen LogP contribution in [0.15, 0.2) is 54.6 Å². The van der Waals surface area contributed by atoms with Crippen LogP contribution >= 0.6 is 21.0 Å². The van der Waals surface area contributed by atoms with Crippen molar-refractivity contribution in [1.82, 2.24) is 0 Å². The number of halogens is 1. The summed E-state index contributed by atoms with van der Waals surface area (Å²) in [6.45, 7) is 2.19. The van der Waals surface area contributed by atoms with E-state index in [9.17, 15) is 0 Å². The molecule has 1 atom stereocenters. The fourth-order valence-corrected chi connectivity index (χ4v) is 2.54. The molecule has 0 aliphatic carbocycles. The van der Waals surface area contributed by atoms with Gasteiger partial charge in [0.15, 0.2) is 0 Å². The summed E-state index contributed by atoms with van der Waals surface area (Å²) < 4.78 is 0. The Morgan fingerprint density at radius 3 is 1.94 bits per heavy atom. The molecule has 0 aliphatic rings. The molecule has 0 heterocycles. The number of hydrogen-bond acceptors (Lipinski definition) is 0. The van der Waals surface area contributed by atoms with Gasteiger partial charge in [-0.3, -0.25) is 0 Å². The van der Waals surface area contributed by atoms with E-state index < -0.39 is 0 Å². The molecule has 0 saturated carbocycles. The molecule has 0 fully saturated rings. The Labute approximate surface area is 105 Å². The number of benzene rings is 2. The van der Waals surface area contributed by atoms with Gasteiger partial charge in [0.05, 0.1) is 0 Å². The Morgan fingerprint density at radius 1 is 0.812 bits per heavy atom. The van der Waals surface area contributed by atoms with Crippen molar-refractivity contribution in [3.05, 3.63) is 60.2 Å². The number of hydrogen-bond donors (Lipinski definition) is 0. The lowest BCUT2D eigenvalue weighted by molar-refractivity contribution is 1.14. The van der Waals surface area contributed by atoms with E-state index in [1.54, 1.807) is 0 Å². The van der Waals surface area contributed by atoms with Gasteiger partial charge in [0.25, 0.3) is 0 Å². The topological polar surface area (TPSA) is 0 Å². The molecule has 0 aliphatic heterocycles. The summed E-state index contributed by atoms with van der Waals surface area (Å²) in [4.78, 5) is 0. The minimum Gasteiger partial charge on any atom is -0.147 e. The van der Waals surface area contributed by atoms with Crippen molar-refractivity contribution in [1.29, 1.82) is 0 Å². The van der Waals surface area contributed by atoms with Crippen molar-refractivity contribution in [3.63, 3.8) is 0 Å². The van der Waals surface area contributed by atoms with Crippen molar-refractivity contribution in [2.45, 2.75) is 13.3 Å². The number of aryl methyl sites for hydroxylation is 1. The Bertz CT molecular complexity index is 409. The zero-order valence-electron chi connectivity index (χ0n) is 9.31. The van der Waals surface area contributed by atoms with Crippen LogP contribution in [0.4, 0.5) is 0 Å². The van der Waals surface area contributed by atoms with E-state index in [2.05, 4.69) is 61.5 Å². The van der Waals surface area contributed by atoms with Gasteiger partial charge < -0.3 is 0 Å². The van der Waals surface area contributed by atoms with Gasteiger partial charge in [-0.15, -0.1) is 12.4 Å². The third-order valence-corrected chi connectivity index (χ3v) is 3.67. The lowest BCUT2D eigenvalue weighted by Crippen LogP contribution is -2.02. The highest BCUT2D eigenvalue weighted by atomic mass is 35.5. The third-order valence-electron chi connectivity index (χ3n) is 2.42. The first-order valence-electron chi connectivity index (χ1n) is 5.29. The molecule has 0 saturated heterocycles. The van der Waals surface area contributed by atoms with E-state index >= 15 is 0 Å². The van der Waals surface area contributed by atoms with E-state index in [0.29, 0.717) is 0 Å². The van der Waals surface area contributed by atoms with Crippen molar-refractivity contribution < 1.29 is 0 Å². The molecular formula is C14H16ClP. The predicted molar refractivity (Wildman–Crippen MR) is 77.1 cm³/mol. The molecule has 0 spiro atoms. The standard InChI is InChI=1S/C14H15P.ClH/c1-2-12-8-10-14(11-9-12)15-13-6-4-3-5-7-13;/h3-11,15H,2H2,1H3;1H. The highest BCUT2D eigenvalue weighted by Crippen LogP contribution is 2.10. The lowest BCUT2D eigenvalue weighted by Gasteiger charge is -2.03. The zero-order chi connectivity index (χ0) is 10.5. The maximum absolute atomic E-state index is 2.24. The molecular weight excluding hydrogens is 235 g/mol. The van der Waals surface area contributed by atoms with Crippen LogP contribution in [0.1, 0.15) is 12.5 Å². The van der Waals surface area contributed by atoms with Gasteiger partial charge in [0.2, 0.25) is 0 Å². The second kappa shape index (κ2) is 6.68.